The summed E-state index contributed by atoms with van der Waals surface area (Å²) in [5.41, 5.74) is 3.95. The molecular formula is C7H8Cl2N4O2. The van der Waals surface area contributed by atoms with E-state index < -0.39 is 11.4 Å². The maximum atomic E-state index is 11.0. The van der Waals surface area contributed by atoms with Crippen LogP contribution in [0.15, 0.2) is 0 Å². The second kappa shape index (κ2) is 4.26. The average molecular weight is 251 g/mol. The van der Waals surface area contributed by atoms with E-state index in [9.17, 15) is 4.79 Å². The SMILES string of the molecule is CC(CN)(C(=O)O)c1nc(Cl)nc(Cl)n1. The molecule has 1 heterocycles. The van der Waals surface area contributed by atoms with Crippen molar-refractivity contribution in [3.05, 3.63) is 16.4 Å². The van der Waals surface area contributed by atoms with Crippen LogP contribution in [0.1, 0.15) is 12.7 Å². The lowest BCUT2D eigenvalue weighted by atomic mass is 9.90. The van der Waals surface area contributed by atoms with Gasteiger partial charge in [-0.15, -0.1) is 0 Å². The molecule has 0 fully saturated rings. The van der Waals surface area contributed by atoms with Crippen molar-refractivity contribution in [1.29, 1.82) is 0 Å². The minimum Gasteiger partial charge on any atom is -0.480 e. The number of carboxylic acids is 1. The summed E-state index contributed by atoms with van der Waals surface area (Å²) in [7, 11) is 0. The predicted molar refractivity (Wildman–Crippen MR) is 53.9 cm³/mol. The van der Waals surface area contributed by atoms with Crippen LogP contribution in [0.2, 0.25) is 10.6 Å². The van der Waals surface area contributed by atoms with E-state index in [1.807, 2.05) is 0 Å². The highest BCUT2D eigenvalue weighted by molar-refractivity contribution is 6.31. The lowest BCUT2D eigenvalue weighted by Crippen LogP contribution is -2.41. The minimum absolute atomic E-state index is 0.0532. The van der Waals surface area contributed by atoms with Gasteiger partial charge in [-0.3, -0.25) is 4.79 Å². The fourth-order valence-electron chi connectivity index (χ4n) is 0.847. The number of rotatable bonds is 3. The Morgan fingerprint density at radius 2 is 1.87 bits per heavy atom. The standard InChI is InChI=1S/C7H8Cl2N4O2/c1-7(2-10,4(14)15)3-11-5(8)13-6(9)12-3/h2,10H2,1H3,(H,14,15). The van der Waals surface area contributed by atoms with Crippen LogP contribution in [-0.2, 0) is 10.2 Å². The second-order valence-electron chi connectivity index (χ2n) is 3.04. The molecule has 1 rings (SSSR count). The molecule has 0 bridgehead atoms. The molecule has 6 nitrogen and oxygen atoms in total. The molecule has 3 N–H and O–H groups in total. The van der Waals surface area contributed by atoms with Gasteiger partial charge in [0.15, 0.2) is 5.82 Å². The van der Waals surface area contributed by atoms with Gasteiger partial charge < -0.3 is 10.8 Å². The van der Waals surface area contributed by atoms with Gasteiger partial charge in [-0.05, 0) is 30.1 Å². The number of nitrogens with zero attached hydrogens (tertiary/aromatic N) is 3. The van der Waals surface area contributed by atoms with Gasteiger partial charge in [0.05, 0.1) is 0 Å². The molecule has 0 aliphatic heterocycles. The lowest BCUT2D eigenvalue weighted by molar-refractivity contribution is -0.143. The van der Waals surface area contributed by atoms with Crippen molar-refractivity contribution in [3.63, 3.8) is 0 Å². The van der Waals surface area contributed by atoms with Crippen LogP contribution in [-0.4, -0.2) is 32.6 Å². The number of aromatic nitrogens is 3. The molecular weight excluding hydrogens is 243 g/mol. The highest BCUT2D eigenvalue weighted by Crippen LogP contribution is 2.21. The Labute approximate surface area is 95.5 Å². The van der Waals surface area contributed by atoms with Crippen LogP contribution < -0.4 is 5.73 Å². The normalized spacial score (nSPS) is 14.7. The molecule has 0 amide bonds. The summed E-state index contributed by atoms with van der Waals surface area (Å²) in [6.07, 6.45) is 0. The molecule has 1 aromatic rings. The van der Waals surface area contributed by atoms with Gasteiger partial charge >= 0.3 is 5.97 Å². The predicted octanol–water partition coefficient (Wildman–Crippen LogP) is 0.479. The largest absolute Gasteiger partial charge is 0.480 e. The molecule has 82 valence electrons. The molecule has 1 unspecified atom stereocenters. The van der Waals surface area contributed by atoms with Gasteiger partial charge in [0, 0.05) is 6.54 Å². The van der Waals surface area contributed by atoms with Gasteiger partial charge in [-0.1, -0.05) is 0 Å². The zero-order valence-corrected chi connectivity index (χ0v) is 9.25. The summed E-state index contributed by atoms with van der Waals surface area (Å²) in [6.45, 7) is 1.22. The highest BCUT2D eigenvalue weighted by Gasteiger charge is 2.37. The molecule has 0 spiro atoms. The van der Waals surface area contributed by atoms with Crippen molar-refractivity contribution in [2.75, 3.05) is 6.54 Å². The van der Waals surface area contributed by atoms with E-state index in [0.29, 0.717) is 0 Å². The van der Waals surface area contributed by atoms with Crippen LogP contribution in [0.25, 0.3) is 0 Å². The maximum absolute atomic E-state index is 11.0. The Morgan fingerprint density at radius 1 is 1.40 bits per heavy atom. The Bertz CT molecular complexity index is 380. The van der Waals surface area contributed by atoms with E-state index >= 15 is 0 Å². The number of aliphatic carboxylic acids is 1. The number of hydrogen-bond acceptors (Lipinski definition) is 5. The van der Waals surface area contributed by atoms with Crippen molar-refractivity contribution in [3.8, 4) is 0 Å². The highest BCUT2D eigenvalue weighted by atomic mass is 35.5. The number of carboxylic acid groups (broad SMARTS) is 1. The zero-order valence-electron chi connectivity index (χ0n) is 7.74. The quantitative estimate of drug-likeness (QED) is 0.809. The van der Waals surface area contributed by atoms with E-state index in [2.05, 4.69) is 15.0 Å². The van der Waals surface area contributed by atoms with Gasteiger partial charge in [0.1, 0.15) is 5.41 Å². The minimum atomic E-state index is -1.42. The summed E-state index contributed by atoms with van der Waals surface area (Å²) >= 11 is 11.1. The Balaban J connectivity index is 3.29. The van der Waals surface area contributed by atoms with Gasteiger partial charge in [-0.2, -0.15) is 4.98 Å². The molecule has 0 saturated heterocycles. The summed E-state index contributed by atoms with van der Waals surface area (Å²) in [5.74, 6) is -1.20. The monoisotopic (exact) mass is 250 g/mol. The third-order valence-electron chi connectivity index (χ3n) is 1.95. The van der Waals surface area contributed by atoms with Crippen molar-refractivity contribution in [2.24, 2.45) is 5.73 Å². The molecule has 15 heavy (non-hydrogen) atoms. The number of carbonyl (C=O) groups is 1. The summed E-state index contributed by atoms with van der Waals surface area (Å²) in [6, 6.07) is 0. The molecule has 0 aliphatic rings. The second-order valence-corrected chi connectivity index (χ2v) is 3.71. The molecule has 1 atom stereocenters. The first-order chi connectivity index (χ1) is 6.90. The zero-order chi connectivity index (χ0) is 11.6. The van der Waals surface area contributed by atoms with Crippen LogP contribution in [0.5, 0.6) is 0 Å². The third-order valence-corrected chi connectivity index (χ3v) is 2.29. The van der Waals surface area contributed by atoms with Crippen molar-refractivity contribution >= 4 is 29.2 Å². The Kier molecular flexibility index (Phi) is 3.43. The van der Waals surface area contributed by atoms with Crippen LogP contribution in [0.3, 0.4) is 0 Å². The van der Waals surface area contributed by atoms with Crippen molar-refractivity contribution in [1.82, 2.24) is 15.0 Å². The van der Waals surface area contributed by atoms with E-state index in [4.69, 9.17) is 34.0 Å². The number of halogens is 2. The first-order valence-electron chi connectivity index (χ1n) is 3.91. The van der Waals surface area contributed by atoms with E-state index in [1.54, 1.807) is 0 Å². The molecule has 0 aliphatic carbocycles. The fourth-order valence-corrected chi connectivity index (χ4v) is 1.21. The lowest BCUT2D eigenvalue weighted by Gasteiger charge is -2.20. The first kappa shape index (κ1) is 12.1. The fraction of sp³-hybridized carbons (Fsp3) is 0.429. The first-order valence-corrected chi connectivity index (χ1v) is 4.67. The summed E-state index contributed by atoms with van der Waals surface area (Å²) in [5, 5.41) is 8.68. The topological polar surface area (TPSA) is 102 Å². The van der Waals surface area contributed by atoms with Gasteiger partial charge in [0.25, 0.3) is 0 Å². The van der Waals surface area contributed by atoms with E-state index in [0.717, 1.165) is 0 Å². The molecule has 1 aromatic heterocycles. The summed E-state index contributed by atoms with van der Waals surface area (Å²) in [4.78, 5) is 21.9. The van der Waals surface area contributed by atoms with E-state index in [-0.39, 0.29) is 22.9 Å². The number of nitrogens with two attached hydrogens (primary N) is 1. The average Bonchev–Trinajstić information content (AvgIpc) is 2.14. The molecule has 8 heteroatoms. The Morgan fingerprint density at radius 3 is 2.20 bits per heavy atom. The van der Waals surface area contributed by atoms with Crippen molar-refractivity contribution < 1.29 is 9.90 Å². The molecule has 0 aromatic carbocycles. The van der Waals surface area contributed by atoms with E-state index in [1.165, 1.54) is 6.92 Å². The van der Waals surface area contributed by atoms with Gasteiger partial charge in [-0.25, -0.2) is 9.97 Å². The van der Waals surface area contributed by atoms with Crippen molar-refractivity contribution in [2.45, 2.75) is 12.3 Å². The molecule has 0 radical (unpaired) electrons. The van der Waals surface area contributed by atoms with Crippen LogP contribution >= 0.6 is 23.2 Å². The maximum Gasteiger partial charge on any atom is 0.318 e. The molecule has 0 saturated carbocycles. The van der Waals surface area contributed by atoms with Gasteiger partial charge in [0.2, 0.25) is 10.6 Å². The summed E-state index contributed by atoms with van der Waals surface area (Å²) < 4.78 is 0. The number of hydrogen-bond donors (Lipinski definition) is 2. The van der Waals surface area contributed by atoms with Crippen LogP contribution in [0, 0.1) is 0 Å². The third kappa shape index (κ3) is 2.34. The Hall–Kier alpha value is -0.980. The smallest absolute Gasteiger partial charge is 0.318 e. The van der Waals surface area contributed by atoms with Crippen LogP contribution in [0.4, 0.5) is 0 Å².